The predicted molar refractivity (Wildman–Crippen MR) is 106 cm³/mol. The third kappa shape index (κ3) is 3.88. The van der Waals surface area contributed by atoms with Gasteiger partial charge in [0.05, 0.1) is 5.56 Å². The smallest absolute Gasteiger partial charge is 0.262 e. The van der Waals surface area contributed by atoms with E-state index in [2.05, 4.69) is 29.1 Å². The number of ether oxygens (including phenoxy) is 1. The average Bonchev–Trinajstić information content (AvgIpc) is 3.19. The summed E-state index contributed by atoms with van der Waals surface area (Å²) >= 11 is 0. The van der Waals surface area contributed by atoms with E-state index in [-0.39, 0.29) is 6.10 Å². The normalized spacial score (nSPS) is 20.0. The fourth-order valence-corrected chi connectivity index (χ4v) is 3.75. The van der Waals surface area contributed by atoms with Gasteiger partial charge in [-0.25, -0.2) is 0 Å². The van der Waals surface area contributed by atoms with Gasteiger partial charge in [-0.05, 0) is 45.5 Å². The van der Waals surface area contributed by atoms with Crippen molar-refractivity contribution in [1.29, 1.82) is 0 Å². The lowest BCUT2D eigenvalue weighted by molar-refractivity contribution is 0.0625. The van der Waals surface area contributed by atoms with Crippen LogP contribution in [-0.2, 0) is 0 Å². The number of rotatable bonds is 5. The number of nitrogens with zero attached hydrogens (tertiary/aromatic N) is 3. The molecule has 0 N–H and O–H groups in total. The first-order valence-corrected chi connectivity index (χ1v) is 9.54. The quantitative estimate of drug-likeness (QED) is 0.660. The third-order valence-corrected chi connectivity index (χ3v) is 5.18. The summed E-state index contributed by atoms with van der Waals surface area (Å²) in [5, 5.41) is 4.14. The molecule has 1 heterocycles. The van der Waals surface area contributed by atoms with Gasteiger partial charge in [-0.1, -0.05) is 54.0 Å². The maximum atomic E-state index is 6.46. The zero-order valence-corrected chi connectivity index (χ0v) is 15.8. The van der Waals surface area contributed by atoms with Gasteiger partial charge in [-0.2, -0.15) is 4.98 Å². The van der Waals surface area contributed by atoms with Gasteiger partial charge < -0.3 is 14.2 Å². The zero-order chi connectivity index (χ0) is 18.6. The average molecular weight is 363 g/mol. The summed E-state index contributed by atoms with van der Waals surface area (Å²) in [5.74, 6) is 1.88. The Morgan fingerprint density at radius 1 is 0.963 bits per heavy atom. The van der Waals surface area contributed by atoms with Crippen molar-refractivity contribution in [2.45, 2.75) is 37.8 Å². The van der Waals surface area contributed by atoms with Gasteiger partial charge in [0.1, 0.15) is 11.9 Å². The Morgan fingerprint density at radius 3 is 2.52 bits per heavy atom. The van der Waals surface area contributed by atoms with Gasteiger partial charge in [-0.15, -0.1) is 0 Å². The highest BCUT2D eigenvalue weighted by atomic mass is 16.5. The van der Waals surface area contributed by atoms with E-state index in [4.69, 9.17) is 9.26 Å². The molecule has 0 aliphatic heterocycles. The molecule has 0 saturated heterocycles. The van der Waals surface area contributed by atoms with Gasteiger partial charge >= 0.3 is 0 Å². The Labute approximate surface area is 160 Å². The van der Waals surface area contributed by atoms with Crippen LogP contribution in [-0.4, -0.2) is 41.3 Å². The summed E-state index contributed by atoms with van der Waals surface area (Å²) < 4.78 is 12.0. The predicted octanol–water partition coefficient (Wildman–Crippen LogP) is 4.66. The summed E-state index contributed by atoms with van der Waals surface area (Å²) in [7, 11) is 4.25. The maximum absolute atomic E-state index is 6.46. The molecular formula is C22H25N3O2. The molecule has 0 amide bonds. The number of aromatic nitrogens is 2. The molecule has 1 fully saturated rings. The molecule has 2 atom stereocenters. The Bertz CT molecular complexity index is 876. The van der Waals surface area contributed by atoms with Gasteiger partial charge in [0, 0.05) is 11.6 Å². The molecule has 140 valence electrons. The third-order valence-electron chi connectivity index (χ3n) is 5.18. The van der Waals surface area contributed by atoms with Gasteiger partial charge in [0.2, 0.25) is 5.82 Å². The summed E-state index contributed by atoms with van der Waals surface area (Å²) in [6.45, 7) is 0. The number of para-hydroxylation sites is 1. The maximum Gasteiger partial charge on any atom is 0.262 e. The Kier molecular flexibility index (Phi) is 5.21. The SMILES string of the molecule is CN(C)C1CCCCC1Oc1ccccc1-c1nc(-c2ccccc2)no1. The Morgan fingerprint density at radius 2 is 1.70 bits per heavy atom. The first-order chi connectivity index (χ1) is 13.2. The number of likely N-dealkylation sites (N-methyl/N-ethyl adjacent to an activating group) is 1. The van der Waals surface area contributed by atoms with Crippen molar-refractivity contribution in [2.24, 2.45) is 0 Å². The number of benzene rings is 2. The molecule has 4 rings (SSSR count). The largest absolute Gasteiger partial charge is 0.488 e. The molecule has 27 heavy (non-hydrogen) atoms. The molecule has 5 nitrogen and oxygen atoms in total. The van der Waals surface area contributed by atoms with E-state index in [1.165, 1.54) is 19.3 Å². The standard InChI is InChI=1S/C22H25N3O2/c1-25(2)18-13-7-9-15-20(18)26-19-14-8-6-12-17(19)22-23-21(24-27-22)16-10-4-3-5-11-16/h3-6,8,10-12,14,18,20H,7,9,13,15H2,1-2H3. The van der Waals surface area contributed by atoms with E-state index in [9.17, 15) is 0 Å². The second kappa shape index (κ2) is 7.92. The van der Waals surface area contributed by atoms with E-state index in [0.29, 0.717) is 17.8 Å². The molecular weight excluding hydrogens is 338 g/mol. The molecule has 0 bridgehead atoms. The second-order valence-corrected chi connectivity index (χ2v) is 7.26. The number of hydrogen-bond acceptors (Lipinski definition) is 5. The molecule has 2 aromatic carbocycles. The molecule has 1 aromatic heterocycles. The minimum atomic E-state index is 0.173. The lowest BCUT2D eigenvalue weighted by Gasteiger charge is -2.36. The monoisotopic (exact) mass is 363 g/mol. The second-order valence-electron chi connectivity index (χ2n) is 7.26. The number of hydrogen-bond donors (Lipinski definition) is 0. The highest BCUT2D eigenvalue weighted by Gasteiger charge is 2.29. The lowest BCUT2D eigenvalue weighted by atomic mass is 9.91. The highest BCUT2D eigenvalue weighted by molar-refractivity contribution is 5.65. The van der Waals surface area contributed by atoms with Gasteiger partial charge in [0.25, 0.3) is 5.89 Å². The van der Waals surface area contributed by atoms with Crippen LogP contribution in [0.4, 0.5) is 0 Å². The van der Waals surface area contributed by atoms with Crippen LogP contribution in [0.15, 0.2) is 59.1 Å². The molecule has 1 aliphatic rings. The van der Waals surface area contributed by atoms with Crippen molar-refractivity contribution in [3.63, 3.8) is 0 Å². The first kappa shape index (κ1) is 17.7. The van der Waals surface area contributed by atoms with Crippen molar-refractivity contribution >= 4 is 0 Å². The zero-order valence-electron chi connectivity index (χ0n) is 15.8. The van der Waals surface area contributed by atoms with Crippen LogP contribution in [0.3, 0.4) is 0 Å². The van der Waals surface area contributed by atoms with Gasteiger partial charge in [0.15, 0.2) is 0 Å². The summed E-state index contributed by atoms with van der Waals surface area (Å²) in [6, 6.07) is 18.2. The Hall–Kier alpha value is -2.66. The molecule has 0 spiro atoms. The van der Waals surface area contributed by atoms with Crippen molar-refractivity contribution < 1.29 is 9.26 Å². The molecule has 0 radical (unpaired) electrons. The lowest BCUT2D eigenvalue weighted by Crippen LogP contribution is -2.44. The molecule has 1 saturated carbocycles. The topological polar surface area (TPSA) is 51.4 Å². The van der Waals surface area contributed by atoms with Gasteiger partial charge in [-0.3, -0.25) is 0 Å². The van der Waals surface area contributed by atoms with E-state index >= 15 is 0 Å². The van der Waals surface area contributed by atoms with E-state index < -0.39 is 0 Å². The van der Waals surface area contributed by atoms with Crippen molar-refractivity contribution in [2.75, 3.05) is 14.1 Å². The Balaban J connectivity index is 1.61. The molecule has 3 aromatic rings. The van der Waals surface area contributed by atoms with Crippen molar-refractivity contribution in [3.05, 3.63) is 54.6 Å². The van der Waals surface area contributed by atoms with Crippen molar-refractivity contribution in [3.8, 4) is 28.6 Å². The summed E-state index contributed by atoms with van der Waals surface area (Å²) in [5.41, 5.74) is 1.78. The highest BCUT2D eigenvalue weighted by Crippen LogP contribution is 2.33. The minimum absolute atomic E-state index is 0.173. The van der Waals surface area contributed by atoms with Crippen LogP contribution in [0.2, 0.25) is 0 Å². The van der Waals surface area contributed by atoms with E-state index in [1.807, 2.05) is 54.6 Å². The van der Waals surface area contributed by atoms with Crippen LogP contribution in [0.25, 0.3) is 22.8 Å². The van der Waals surface area contributed by atoms with Crippen LogP contribution < -0.4 is 4.74 Å². The first-order valence-electron chi connectivity index (χ1n) is 9.54. The molecule has 1 aliphatic carbocycles. The van der Waals surface area contributed by atoms with Crippen LogP contribution in [0.1, 0.15) is 25.7 Å². The van der Waals surface area contributed by atoms with Crippen molar-refractivity contribution in [1.82, 2.24) is 15.0 Å². The molecule has 2 unspecified atom stereocenters. The van der Waals surface area contributed by atoms with Crippen LogP contribution in [0, 0.1) is 0 Å². The molecule has 5 heteroatoms. The van der Waals surface area contributed by atoms with Crippen LogP contribution >= 0.6 is 0 Å². The fraction of sp³-hybridized carbons (Fsp3) is 0.364. The van der Waals surface area contributed by atoms with E-state index in [0.717, 1.165) is 23.3 Å². The summed E-state index contributed by atoms with van der Waals surface area (Å²) in [6.07, 6.45) is 4.87. The summed E-state index contributed by atoms with van der Waals surface area (Å²) in [4.78, 5) is 6.86. The fourth-order valence-electron chi connectivity index (χ4n) is 3.75. The minimum Gasteiger partial charge on any atom is -0.488 e. The van der Waals surface area contributed by atoms with E-state index in [1.54, 1.807) is 0 Å². The van der Waals surface area contributed by atoms with Crippen LogP contribution in [0.5, 0.6) is 5.75 Å².